The van der Waals surface area contributed by atoms with E-state index in [1.54, 1.807) is 0 Å². The predicted octanol–water partition coefficient (Wildman–Crippen LogP) is 4.95. The van der Waals surface area contributed by atoms with Crippen LogP contribution in [0, 0.1) is 0 Å². The first kappa shape index (κ1) is 20.8. The summed E-state index contributed by atoms with van der Waals surface area (Å²) in [6, 6.07) is 17.6. The van der Waals surface area contributed by atoms with Gasteiger partial charge in [-0.05, 0) is 37.1 Å². The summed E-state index contributed by atoms with van der Waals surface area (Å²) in [5.41, 5.74) is 3.19. The van der Waals surface area contributed by atoms with Crippen molar-refractivity contribution in [2.24, 2.45) is 0 Å². The quantitative estimate of drug-likeness (QED) is 0.430. The molecule has 0 spiro atoms. The Morgan fingerprint density at radius 3 is 2.75 bits per heavy atom. The van der Waals surface area contributed by atoms with Gasteiger partial charge in [-0.25, -0.2) is 4.98 Å². The zero-order valence-electron chi connectivity index (χ0n) is 17.7. The normalized spacial score (nSPS) is 13.5. The van der Waals surface area contributed by atoms with Gasteiger partial charge in [-0.1, -0.05) is 52.7 Å². The summed E-state index contributed by atoms with van der Waals surface area (Å²) >= 11 is 3.47. The number of nitrogens with zero attached hydrogens (tertiary/aromatic N) is 4. The maximum Gasteiger partial charge on any atom is 0.252 e. The molecule has 0 saturated carbocycles. The Morgan fingerprint density at radius 1 is 1.03 bits per heavy atom. The second-order valence-electron chi connectivity index (χ2n) is 8.08. The van der Waals surface area contributed by atoms with Crippen LogP contribution in [0.2, 0.25) is 0 Å². The van der Waals surface area contributed by atoms with E-state index in [0.29, 0.717) is 18.5 Å². The number of para-hydroxylation sites is 1. The molecule has 4 aromatic rings. The fourth-order valence-corrected chi connectivity index (χ4v) is 4.51. The molecule has 6 nitrogen and oxygen atoms in total. The lowest BCUT2D eigenvalue weighted by Gasteiger charge is -2.11. The molecular formula is C25H24BrN5O. The van der Waals surface area contributed by atoms with Gasteiger partial charge in [0.1, 0.15) is 11.6 Å². The van der Waals surface area contributed by atoms with Gasteiger partial charge in [0.05, 0.1) is 16.8 Å². The number of carbonyl (C=O) groups excluding carboxylic acids is 1. The van der Waals surface area contributed by atoms with E-state index in [9.17, 15) is 4.79 Å². The van der Waals surface area contributed by atoms with Crippen LogP contribution in [-0.4, -0.2) is 32.2 Å². The van der Waals surface area contributed by atoms with Gasteiger partial charge in [0.25, 0.3) is 5.91 Å². The summed E-state index contributed by atoms with van der Waals surface area (Å²) < 4.78 is 3.23. The fourth-order valence-electron chi connectivity index (χ4n) is 4.25. The average molecular weight is 490 g/mol. The smallest absolute Gasteiger partial charge is 0.252 e. The number of nitrogens with one attached hydrogen (secondary N) is 1. The zero-order chi connectivity index (χ0) is 21.9. The van der Waals surface area contributed by atoms with Gasteiger partial charge in [-0.15, -0.1) is 10.2 Å². The third-order valence-corrected chi connectivity index (χ3v) is 6.45. The van der Waals surface area contributed by atoms with E-state index in [1.165, 1.54) is 12.8 Å². The van der Waals surface area contributed by atoms with Crippen LogP contribution < -0.4 is 5.32 Å². The topological polar surface area (TPSA) is 72.7 Å². The number of hydrogen-bond donors (Lipinski definition) is 1. The Kier molecular flexibility index (Phi) is 5.99. The lowest BCUT2D eigenvalue weighted by Crippen LogP contribution is -2.27. The van der Waals surface area contributed by atoms with Gasteiger partial charge in [0.15, 0.2) is 0 Å². The van der Waals surface area contributed by atoms with Crippen LogP contribution in [0.1, 0.15) is 41.3 Å². The Morgan fingerprint density at radius 2 is 1.88 bits per heavy atom. The maximum atomic E-state index is 13.2. The van der Waals surface area contributed by atoms with E-state index in [2.05, 4.69) is 36.0 Å². The molecule has 1 aliphatic heterocycles. The first-order valence-electron chi connectivity index (χ1n) is 11.0. The lowest BCUT2D eigenvalue weighted by molar-refractivity contribution is 0.0955. The van der Waals surface area contributed by atoms with Crippen molar-refractivity contribution in [3.8, 4) is 11.3 Å². The molecule has 1 amide bonds. The highest BCUT2D eigenvalue weighted by molar-refractivity contribution is 9.10. The Labute approximate surface area is 195 Å². The molecule has 2 aromatic carbocycles. The molecule has 162 valence electrons. The first-order chi connectivity index (χ1) is 15.7. The molecule has 0 unspecified atom stereocenters. The molecule has 3 heterocycles. The number of benzene rings is 2. The molecule has 0 saturated heterocycles. The van der Waals surface area contributed by atoms with Crippen LogP contribution in [0.15, 0.2) is 59.1 Å². The molecule has 7 heteroatoms. The largest absolute Gasteiger partial charge is 0.352 e. The van der Waals surface area contributed by atoms with Gasteiger partial charge >= 0.3 is 0 Å². The van der Waals surface area contributed by atoms with E-state index >= 15 is 0 Å². The third-order valence-electron chi connectivity index (χ3n) is 5.92. The maximum absolute atomic E-state index is 13.2. The molecule has 0 aliphatic carbocycles. The molecule has 1 aliphatic rings. The summed E-state index contributed by atoms with van der Waals surface area (Å²) in [4.78, 5) is 18.0. The minimum atomic E-state index is -0.0995. The van der Waals surface area contributed by atoms with Crippen molar-refractivity contribution >= 4 is 32.7 Å². The van der Waals surface area contributed by atoms with E-state index in [1.807, 2.05) is 54.6 Å². The number of halogens is 1. The second kappa shape index (κ2) is 9.20. The van der Waals surface area contributed by atoms with E-state index in [-0.39, 0.29) is 5.91 Å². The van der Waals surface area contributed by atoms with Gasteiger partial charge in [-0.3, -0.25) is 4.79 Å². The highest BCUT2D eigenvalue weighted by Crippen LogP contribution is 2.26. The van der Waals surface area contributed by atoms with E-state index in [4.69, 9.17) is 4.98 Å². The number of fused-ring (bicyclic) bond motifs is 2. The van der Waals surface area contributed by atoms with Crippen molar-refractivity contribution in [1.82, 2.24) is 25.1 Å². The highest BCUT2D eigenvalue weighted by Gasteiger charge is 2.16. The summed E-state index contributed by atoms with van der Waals surface area (Å²) in [5.74, 6) is 1.93. The van der Waals surface area contributed by atoms with Gasteiger partial charge in [0.2, 0.25) is 0 Å². The Hall–Kier alpha value is -3.06. The van der Waals surface area contributed by atoms with Crippen LogP contribution in [0.25, 0.3) is 22.2 Å². The van der Waals surface area contributed by atoms with Crippen LogP contribution in [0.3, 0.4) is 0 Å². The van der Waals surface area contributed by atoms with Crippen molar-refractivity contribution < 1.29 is 4.79 Å². The average Bonchev–Trinajstić information content (AvgIpc) is 3.04. The van der Waals surface area contributed by atoms with Crippen molar-refractivity contribution in [3.05, 3.63) is 76.3 Å². The minimum absolute atomic E-state index is 0.0995. The number of hydrogen-bond acceptors (Lipinski definition) is 4. The van der Waals surface area contributed by atoms with Crippen molar-refractivity contribution in [3.63, 3.8) is 0 Å². The van der Waals surface area contributed by atoms with Crippen molar-refractivity contribution in [2.45, 2.75) is 38.6 Å². The standard InChI is InChI=1S/C25H24BrN5O/c26-18-11-9-17(10-12-18)22-16-20(19-6-3-4-7-21(19)28-22)25(32)27-14-13-24-30-29-23-8-2-1-5-15-31(23)24/h3-4,6-7,9-12,16H,1-2,5,8,13-15H2,(H,27,32). The van der Waals surface area contributed by atoms with E-state index in [0.717, 1.165) is 57.7 Å². The summed E-state index contributed by atoms with van der Waals surface area (Å²) in [6.45, 7) is 1.48. The van der Waals surface area contributed by atoms with Crippen molar-refractivity contribution in [2.75, 3.05) is 6.54 Å². The van der Waals surface area contributed by atoms with Gasteiger partial charge < -0.3 is 9.88 Å². The molecule has 0 bridgehead atoms. The Bertz CT molecular complexity index is 1270. The minimum Gasteiger partial charge on any atom is -0.352 e. The summed E-state index contributed by atoms with van der Waals surface area (Å²) in [6.07, 6.45) is 5.22. The summed E-state index contributed by atoms with van der Waals surface area (Å²) in [7, 11) is 0. The molecule has 0 radical (unpaired) electrons. The number of aryl methyl sites for hydroxylation is 1. The third kappa shape index (κ3) is 4.30. The monoisotopic (exact) mass is 489 g/mol. The highest BCUT2D eigenvalue weighted by atomic mass is 79.9. The number of pyridine rings is 1. The van der Waals surface area contributed by atoms with Gasteiger partial charge in [0, 0.05) is 41.4 Å². The number of aromatic nitrogens is 4. The number of rotatable bonds is 5. The number of amides is 1. The zero-order valence-corrected chi connectivity index (χ0v) is 19.3. The van der Waals surface area contributed by atoms with Crippen LogP contribution in [-0.2, 0) is 19.4 Å². The predicted molar refractivity (Wildman–Crippen MR) is 128 cm³/mol. The molecule has 0 fully saturated rings. The van der Waals surface area contributed by atoms with Crippen LogP contribution in [0.4, 0.5) is 0 Å². The lowest BCUT2D eigenvalue weighted by atomic mass is 10.0. The fraction of sp³-hybridized carbons (Fsp3) is 0.280. The molecule has 5 rings (SSSR count). The molecule has 2 aromatic heterocycles. The van der Waals surface area contributed by atoms with Crippen molar-refractivity contribution in [1.29, 1.82) is 0 Å². The molecule has 0 atom stereocenters. The molecule has 32 heavy (non-hydrogen) atoms. The van der Waals surface area contributed by atoms with E-state index < -0.39 is 0 Å². The Balaban J connectivity index is 1.37. The summed E-state index contributed by atoms with van der Waals surface area (Å²) in [5, 5.41) is 12.7. The second-order valence-corrected chi connectivity index (χ2v) is 9.00. The SMILES string of the molecule is O=C(NCCc1nnc2n1CCCCC2)c1cc(-c2ccc(Br)cc2)nc2ccccc12. The van der Waals surface area contributed by atoms with Gasteiger partial charge in [-0.2, -0.15) is 0 Å². The first-order valence-corrected chi connectivity index (χ1v) is 11.8. The number of carbonyl (C=O) groups is 1. The van der Waals surface area contributed by atoms with Crippen LogP contribution >= 0.6 is 15.9 Å². The molecule has 1 N–H and O–H groups in total. The molecular weight excluding hydrogens is 466 g/mol. The van der Waals surface area contributed by atoms with Crippen LogP contribution in [0.5, 0.6) is 0 Å².